The normalized spacial score (nSPS) is 14.7. The van der Waals surface area contributed by atoms with Gasteiger partial charge in [0.1, 0.15) is 48.3 Å². The SMILES string of the molecule is CC(C)C[C@H](NC(=O)[C@@H](N)CC(N)=O)C(=O)N[C@H](C(=O)N[C@@H](CCCN=C(N)N)C(=O)N[C@@H](CC(=O)O)C(=O)N[C@@H](CC(=O)O)C(=O)NCC(=O)N[C@@H](CO)C(=O)N[C@@H](C)C(=O)N[C@H](C(=O)O)C(C)C)C(C)C. The minimum Gasteiger partial charge on any atom is -0.481 e. The number of aliphatic carboxylic acids is 3. The van der Waals surface area contributed by atoms with Crippen LogP contribution in [-0.4, -0.2) is 177 Å². The highest BCUT2D eigenvalue weighted by Crippen LogP contribution is 2.11. The third kappa shape index (κ3) is 25.8. The number of carboxylic acids is 3. The van der Waals surface area contributed by atoms with Gasteiger partial charge in [0, 0.05) is 6.54 Å². The van der Waals surface area contributed by atoms with Crippen molar-refractivity contribution in [1.29, 1.82) is 0 Å². The molecule has 0 fully saturated rings. The number of nitrogens with zero attached hydrogens (tertiary/aromatic N) is 1. The molecule has 0 aliphatic carbocycles. The molecule has 0 heterocycles. The predicted octanol–water partition coefficient (Wildman–Crippen LogP) is -7.36. The van der Waals surface area contributed by atoms with Gasteiger partial charge in [-0.05, 0) is 43.9 Å². The van der Waals surface area contributed by atoms with Gasteiger partial charge >= 0.3 is 17.9 Å². The average molecular weight is 1050 g/mol. The first-order valence-electron chi connectivity index (χ1n) is 22.9. The van der Waals surface area contributed by atoms with E-state index in [0.717, 1.165) is 0 Å². The van der Waals surface area contributed by atoms with E-state index in [9.17, 15) is 82.8 Å². The third-order valence-electron chi connectivity index (χ3n) is 10.2. The zero-order valence-electron chi connectivity index (χ0n) is 41.6. The van der Waals surface area contributed by atoms with Gasteiger partial charge in [-0.15, -0.1) is 0 Å². The predicted molar refractivity (Wildman–Crippen MR) is 254 cm³/mol. The molecule has 0 saturated heterocycles. The van der Waals surface area contributed by atoms with Gasteiger partial charge in [0.05, 0.1) is 38.5 Å². The van der Waals surface area contributed by atoms with Crippen molar-refractivity contribution in [1.82, 2.24) is 47.9 Å². The van der Waals surface area contributed by atoms with Gasteiger partial charge in [0.15, 0.2) is 5.96 Å². The number of nitrogens with two attached hydrogens (primary N) is 4. The molecule has 0 saturated carbocycles. The molecule has 0 aliphatic heterocycles. The Hall–Kier alpha value is -7.70. The van der Waals surface area contributed by atoms with Crippen molar-refractivity contribution in [3.05, 3.63) is 0 Å². The van der Waals surface area contributed by atoms with Crippen LogP contribution < -0.4 is 70.8 Å². The summed E-state index contributed by atoms with van der Waals surface area (Å²) >= 11 is 0. The minimum atomic E-state index is -2.06. The Morgan fingerprint density at radius 1 is 0.507 bits per heavy atom. The van der Waals surface area contributed by atoms with Crippen molar-refractivity contribution in [2.75, 3.05) is 19.7 Å². The first kappa shape index (κ1) is 65.3. The zero-order chi connectivity index (χ0) is 56.4. The Kier molecular flexibility index (Phi) is 28.9. The number of nitrogens with one attached hydrogen (secondary N) is 9. The number of carbonyl (C=O) groups is 13. The van der Waals surface area contributed by atoms with Crippen LogP contribution in [0.3, 0.4) is 0 Å². The molecular weight excluding hydrogens is 973 g/mol. The Morgan fingerprint density at radius 2 is 0.973 bits per heavy atom. The molecule has 0 bridgehead atoms. The number of hydrogen-bond acceptors (Lipinski definition) is 16. The number of guanidine groups is 1. The van der Waals surface area contributed by atoms with E-state index in [-0.39, 0.29) is 37.7 Å². The van der Waals surface area contributed by atoms with Gasteiger partial charge in [0.2, 0.25) is 59.1 Å². The summed E-state index contributed by atoms with van der Waals surface area (Å²) in [5.74, 6) is -17.1. The van der Waals surface area contributed by atoms with E-state index < -0.39 is 176 Å². The van der Waals surface area contributed by atoms with Crippen LogP contribution in [0.2, 0.25) is 0 Å². The van der Waals surface area contributed by atoms with Crippen molar-refractivity contribution in [3.63, 3.8) is 0 Å². The third-order valence-corrected chi connectivity index (χ3v) is 10.2. The zero-order valence-corrected chi connectivity index (χ0v) is 41.6. The van der Waals surface area contributed by atoms with E-state index in [1.165, 1.54) is 34.6 Å². The number of amides is 10. The fourth-order valence-electron chi connectivity index (χ4n) is 6.33. The van der Waals surface area contributed by atoms with Crippen LogP contribution in [0.5, 0.6) is 0 Å². The fraction of sp³-hybridized carbons (Fsp3) is 0.667. The molecule has 0 aliphatic rings. The molecule has 21 N–H and O–H groups in total. The summed E-state index contributed by atoms with van der Waals surface area (Å²) in [6.45, 7) is 8.65. The van der Waals surface area contributed by atoms with Gasteiger partial charge in [-0.25, -0.2) is 4.79 Å². The quantitative estimate of drug-likeness (QED) is 0.0162. The summed E-state index contributed by atoms with van der Waals surface area (Å²) in [5.41, 5.74) is 21.7. The Labute approximate surface area is 419 Å². The molecular formula is C42H72N14O17. The van der Waals surface area contributed by atoms with Crippen LogP contribution in [0.1, 0.15) is 87.0 Å². The van der Waals surface area contributed by atoms with Gasteiger partial charge in [-0.3, -0.25) is 62.5 Å². The number of aliphatic imine (C=N–C) groups is 1. The molecule has 412 valence electrons. The molecule has 9 atom stereocenters. The monoisotopic (exact) mass is 1040 g/mol. The summed E-state index contributed by atoms with van der Waals surface area (Å²) in [6, 6.07) is -14.2. The van der Waals surface area contributed by atoms with Crippen molar-refractivity contribution in [2.24, 2.45) is 45.7 Å². The minimum absolute atomic E-state index is 0.0132. The lowest BCUT2D eigenvalue weighted by molar-refractivity contribution is -0.143. The summed E-state index contributed by atoms with van der Waals surface area (Å²) in [7, 11) is 0. The van der Waals surface area contributed by atoms with Gasteiger partial charge in [-0.1, -0.05) is 41.5 Å². The molecule has 10 amide bonds. The maximum atomic E-state index is 13.9. The van der Waals surface area contributed by atoms with Crippen LogP contribution in [0.25, 0.3) is 0 Å². The fourth-order valence-corrected chi connectivity index (χ4v) is 6.33. The van der Waals surface area contributed by atoms with Crippen molar-refractivity contribution >= 4 is 82.9 Å². The van der Waals surface area contributed by atoms with Crippen LogP contribution >= 0.6 is 0 Å². The van der Waals surface area contributed by atoms with Crippen LogP contribution in [0.4, 0.5) is 0 Å². The number of hydrogen-bond donors (Lipinski definition) is 17. The second kappa shape index (κ2) is 32.3. The molecule has 0 rings (SSSR count). The van der Waals surface area contributed by atoms with Crippen molar-refractivity contribution in [3.8, 4) is 0 Å². The summed E-state index contributed by atoms with van der Waals surface area (Å²) in [4.78, 5) is 169. The molecule has 0 aromatic rings. The maximum absolute atomic E-state index is 13.9. The highest BCUT2D eigenvalue weighted by molar-refractivity contribution is 5.99. The molecule has 0 radical (unpaired) electrons. The van der Waals surface area contributed by atoms with Crippen molar-refractivity contribution in [2.45, 2.75) is 141 Å². The Morgan fingerprint density at radius 3 is 1.44 bits per heavy atom. The number of aliphatic hydroxyl groups excluding tert-OH is 1. The van der Waals surface area contributed by atoms with Crippen molar-refractivity contribution < 1.29 is 82.8 Å². The average Bonchev–Trinajstić information content (AvgIpc) is 3.26. The molecule has 31 heteroatoms. The van der Waals surface area contributed by atoms with E-state index in [1.807, 2.05) is 10.6 Å². The maximum Gasteiger partial charge on any atom is 0.326 e. The van der Waals surface area contributed by atoms with E-state index in [2.05, 4.69) is 42.2 Å². The first-order valence-corrected chi connectivity index (χ1v) is 22.9. The van der Waals surface area contributed by atoms with E-state index in [1.54, 1.807) is 13.8 Å². The smallest absolute Gasteiger partial charge is 0.326 e. The summed E-state index contributed by atoms with van der Waals surface area (Å²) < 4.78 is 0. The highest BCUT2D eigenvalue weighted by atomic mass is 16.4. The highest BCUT2D eigenvalue weighted by Gasteiger charge is 2.36. The number of primary amides is 1. The van der Waals surface area contributed by atoms with E-state index >= 15 is 0 Å². The molecule has 0 unspecified atom stereocenters. The molecule has 73 heavy (non-hydrogen) atoms. The van der Waals surface area contributed by atoms with Gasteiger partial charge in [0.25, 0.3) is 0 Å². The summed E-state index contributed by atoms with van der Waals surface area (Å²) in [5, 5.41) is 58.4. The molecule has 0 aromatic carbocycles. The van der Waals surface area contributed by atoms with E-state index in [0.29, 0.717) is 0 Å². The second-order valence-electron chi connectivity index (χ2n) is 17.8. The second-order valence-corrected chi connectivity index (χ2v) is 17.8. The standard InChI is InChI=1S/C42H72N14O17/c1-17(2)11-23(52-34(65)21(43)12-27(44)58)38(69)55-31(18(3)4)40(71)51-22(9-8-10-47-42(45)46)36(67)54-25(14-30(62)63)37(68)53-24(13-29(60)61)35(66)48-15-28(59)50-26(16-57)39(70)49-20(7)33(64)56-32(19(5)6)41(72)73/h17-26,31-32,57H,8-16,43H2,1-7H3,(H2,44,58)(H,48,66)(H,49,70)(H,50,59)(H,51,71)(H,52,65)(H,53,68)(H,54,67)(H,55,69)(H,56,64)(H,60,61)(H,62,63)(H,72,73)(H4,45,46,47)/t20-,21-,22-,23-,24-,25-,26-,31-,32-/m0/s1. The Balaban J connectivity index is 6.34. The van der Waals surface area contributed by atoms with Crippen LogP contribution in [0, 0.1) is 17.8 Å². The molecule has 31 nitrogen and oxygen atoms in total. The lowest BCUT2D eigenvalue weighted by Crippen LogP contribution is -2.61. The number of carboxylic acid groups (broad SMARTS) is 3. The topological polar surface area (TPSA) is 528 Å². The van der Waals surface area contributed by atoms with Gasteiger partial charge in [-0.2, -0.15) is 0 Å². The van der Waals surface area contributed by atoms with Crippen LogP contribution in [-0.2, 0) is 62.3 Å². The number of carbonyl (C=O) groups excluding carboxylic acids is 10. The first-order chi connectivity index (χ1) is 33.8. The lowest BCUT2D eigenvalue weighted by atomic mass is 9.99. The molecule has 0 spiro atoms. The van der Waals surface area contributed by atoms with Gasteiger partial charge < -0.3 is 91.2 Å². The largest absolute Gasteiger partial charge is 0.481 e. The number of rotatable bonds is 34. The van der Waals surface area contributed by atoms with Crippen LogP contribution in [0.15, 0.2) is 4.99 Å². The lowest BCUT2D eigenvalue weighted by Gasteiger charge is -2.29. The Bertz CT molecular complexity index is 2030. The summed E-state index contributed by atoms with van der Waals surface area (Å²) in [6.07, 6.45) is -3.10. The molecule has 0 aromatic heterocycles. The van der Waals surface area contributed by atoms with E-state index in [4.69, 9.17) is 22.9 Å². The number of aliphatic hydroxyl groups is 1.